The van der Waals surface area contributed by atoms with Gasteiger partial charge in [0.25, 0.3) is 5.91 Å². The lowest BCUT2D eigenvalue weighted by Gasteiger charge is -2.19. The van der Waals surface area contributed by atoms with Gasteiger partial charge in [0.2, 0.25) is 0 Å². The van der Waals surface area contributed by atoms with Gasteiger partial charge in [0.05, 0.1) is 12.6 Å². The fourth-order valence-corrected chi connectivity index (χ4v) is 2.82. The summed E-state index contributed by atoms with van der Waals surface area (Å²) in [6, 6.07) is 16.3. The van der Waals surface area contributed by atoms with Crippen LogP contribution in [0.2, 0.25) is 0 Å². The van der Waals surface area contributed by atoms with Crippen LogP contribution in [0.4, 0.5) is 13.2 Å². The fraction of sp³-hybridized carbons (Fsp3) is 0.350. The van der Waals surface area contributed by atoms with Gasteiger partial charge in [-0.2, -0.15) is 13.2 Å². The van der Waals surface area contributed by atoms with Gasteiger partial charge in [-0.25, -0.2) is 0 Å². The van der Waals surface area contributed by atoms with Crippen LogP contribution in [0, 0.1) is 5.92 Å². The lowest BCUT2D eigenvalue weighted by atomic mass is 10.0. The Labute approximate surface area is 150 Å². The van der Waals surface area contributed by atoms with E-state index >= 15 is 0 Å². The van der Waals surface area contributed by atoms with Gasteiger partial charge in [-0.3, -0.25) is 4.79 Å². The molecule has 1 aliphatic rings. The van der Waals surface area contributed by atoms with Crippen LogP contribution in [-0.2, 0) is 11.3 Å². The summed E-state index contributed by atoms with van der Waals surface area (Å²) in [7, 11) is 0. The molecule has 0 spiro atoms. The molecule has 3 rings (SSSR count). The van der Waals surface area contributed by atoms with Crippen LogP contribution >= 0.6 is 0 Å². The molecule has 138 valence electrons. The van der Waals surface area contributed by atoms with Crippen molar-refractivity contribution in [2.24, 2.45) is 5.92 Å². The van der Waals surface area contributed by atoms with Crippen LogP contribution in [0.25, 0.3) is 0 Å². The average molecular weight is 363 g/mol. The number of alkyl halides is 3. The van der Waals surface area contributed by atoms with Gasteiger partial charge in [-0.15, -0.1) is 0 Å². The summed E-state index contributed by atoms with van der Waals surface area (Å²) in [6.45, 7) is -1.43. The topological polar surface area (TPSA) is 38.3 Å². The normalized spacial score (nSPS) is 15.5. The minimum absolute atomic E-state index is 0.0153. The quantitative estimate of drug-likeness (QED) is 0.778. The second-order valence-corrected chi connectivity index (χ2v) is 6.50. The number of hydrogen-bond donors (Lipinski definition) is 1. The molecule has 1 saturated carbocycles. The van der Waals surface area contributed by atoms with Gasteiger partial charge in [0.1, 0.15) is 6.61 Å². The highest BCUT2D eigenvalue weighted by Crippen LogP contribution is 2.41. The predicted octanol–water partition coefficient (Wildman–Crippen LogP) is 4.65. The summed E-state index contributed by atoms with van der Waals surface area (Å²) in [4.78, 5) is 12.5. The summed E-state index contributed by atoms with van der Waals surface area (Å²) in [5, 5.41) is 3.08. The van der Waals surface area contributed by atoms with Gasteiger partial charge in [0.15, 0.2) is 0 Å². The maximum absolute atomic E-state index is 12.5. The van der Waals surface area contributed by atoms with E-state index in [0.29, 0.717) is 17.0 Å². The van der Waals surface area contributed by atoms with Gasteiger partial charge in [-0.1, -0.05) is 42.5 Å². The van der Waals surface area contributed by atoms with E-state index in [4.69, 9.17) is 0 Å². The van der Waals surface area contributed by atoms with E-state index in [9.17, 15) is 18.0 Å². The number of amides is 1. The zero-order valence-corrected chi connectivity index (χ0v) is 14.1. The number of carbonyl (C=O) groups excluding carboxylic acids is 1. The number of ether oxygens (including phenoxy) is 1. The van der Waals surface area contributed by atoms with Crippen LogP contribution in [-0.4, -0.2) is 18.7 Å². The molecular weight excluding hydrogens is 343 g/mol. The van der Waals surface area contributed by atoms with Gasteiger partial charge in [-0.05, 0) is 42.0 Å². The largest absolute Gasteiger partial charge is 0.411 e. The molecule has 3 nitrogen and oxygen atoms in total. The number of benzene rings is 2. The standard InChI is InChI=1S/C20H20F3NO2/c21-20(22,23)13-26-12-14-6-8-17(9-7-14)19(25)24-18(16-10-11-16)15-4-2-1-3-5-15/h1-9,16,18H,10-13H2,(H,24,25)/t18-/m0/s1. The van der Waals surface area contributed by atoms with Crippen molar-refractivity contribution in [2.45, 2.75) is 31.7 Å². The molecule has 6 heteroatoms. The van der Waals surface area contributed by atoms with Crippen molar-refractivity contribution >= 4 is 5.91 Å². The third kappa shape index (κ3) is 5.33. The molecule has 0 bridgehead atoms. The van der Waals surface area contributed by atoms with Crippen molar-refractivity contribution in [2.75, 3.05) is 6.61 Å². The van der Waals surface area contributed by atoms with Gasteiger partial charge >= 0.3 is 6.18 Å². The van der Waals surface area contributed by atoms with Crippen LogP contribution < -0.4 is 5.32 Å². The summed E-state index contributed by atoms with van der Waals surface area (Å²) < 4.78 is 40.9. The molecule has 2 aromatic carbocycles. The monoisotopic (exact) mass is 363 g/mol. The molecule has 1 aliphatic carbocycles. The SMILES string of the molecule is O=C(N[C@@H](c1ccccc1)C1CC1)c1ccc(COCC(F)(F)F)cc1. The molecule has 26 heavy (non-hydrogen) atoms. The van der Waals surface area contributed by atoms with Gasteiger partial charge < -0.3 is 10.1 Å². The van der Waals surface area contributed by atoms with E-state index in [1.807, 2.05) is 30.3 Å². The zero-order chi connectivity index (χ0) is 18.6. The summed E-state index contributed by atoms with van der Waals surface area (Å²) in [5.74, 6) is 0.268. The van der Waals surface area contributed by atoms with Crippen LogP contribution in [0.1, 0.15) is 40.4 Å². The van der Waals surface area contributed by atoms with E-state index in [1.165, 1.54) is 0 Å². The average Bonchev–Trinajstić information content (AvgIpc) is 3.45. The third-order valence-electron chi connectivity index (χ3n) is 4.29. The molecule has 2 aromatic rings. The first-order chi connectivity index (χ1) is 12.4. The maximum atomic E-state index is 12.5. The molecule has 0 radical (unpaired) electrons. The smallest absolute Gasteiger partial charge is 0.367 e. The minimum atomic E-state index is -4.34. The Kier molecular flexibility index (Phi) is 5.61. The number of halogens is 3. The van der Waals surface area contributed by atoms with E-state index < -0.39 is 12.8 Å². The number of hydrogen-bond acceptors (Lipinski definition) is 2. The maximum Gasteiger partial charge on any atom is 0.411 e. The molecule has 1 fully saturated rings. The fourth-order valence-electron chi connectivity index (χ4n) is 2.82. The third-order valence-corrected chi connectivity index (χ3v) is 4.29. The van der Waals surface area contributed by atoms with Crippen LogP contribution in [0.5, 0.6) is 0 Å². The van der Waals surface area contributed by atoms with Crippen molar-refractivity contribution < 1.29 is 22.7 Å². The van der Waals surface area contributed by atoms with E-state index in [-0.39, 0.29) is 18.6 Å². The number of nitrogens with one attached hydrogen (secondary N) is 1. The highest BCUT2D eigenvalue weighted by atomic mass is 19.4. The molecule has 1 atom stereocenters. The molecule has 0 heterocycles. The van der Waals surface area contributed by atoms with Crippen molar-refractivity contribution in [1.29, 1.82) is 0 Å². The van der Waals surface area contributed by atoms with Crippen molar-refractivity contribution in [3.63, 3.8) is 0 Å². The van der Waals surface area contributed by atoms with Gasteiger partial charge in [0, 0.05) is 5.56 Å². The van der Waals surface area contributed by atoms with E-state index in [1.54, 1.807) is 24.3 Å². The van der Waals surface area contributed by atoms with E-state index in [0.717, 1.165) is 18.4 Å². The molecule has 1 amide bonds. The molecule has 0 aromatic heterocycles. The molecule has 0 unspecified atom stereocenters. The lowest BCUT2D eigenvalue weighted by molar-refractivity contribution is -0.176. The Bertz CT molecular complexity index is 725. The Morgan fingerprint density at radius 2 is 1.73 bits per heavy atom. The molecule has 0 saturated heterocycles. The van der Waals surface area contributed by atoms with Crippen LogP contribution in [0.15, 0.2) is 54.6 Å². The van der Waals surface area contributed by atoms with Crippen molar-refractivity contribution in [3.8, 4) is 0 Å². The highest BCUT2D eigenvalue weighted by molar-refractivity contribution is 5.94. The van der Waals surface area contributed by atoms with E-state index in [2.05, 4.69) is 10.1 Å². The first-order valence-corrected chi connectivity index (χ1v) is 8.51. The molecule has 1 N–H and O–H groups in total. The first kappa shape index (κ1) is 18.5. The molecular formula is C20H20F3NO2. The Morgan fingerprint density at radius 3 is 2.31 bits per heavy atom. The second kappa shape index (κ2) is 7.91. The number of rotatable bonds is 7. The predicted molar refractivity (Wildman–Crippen MR) is 91.5 cm³/mol. The zero-order valence-electron chi connectivity index (χ0n) is 14.1. The summed E-state index contributed by atoms with van der Waals surface area (Å²) >= 11 is 0. The second-order valence-electron chi connectivity index (χ2n) is 6.50. The van der Waals surface area contributed by atoms with Crippen molar-refractivity contribution in [1.82, 2.24) is 5.32 Å². The Morgan fingerprint density at radius 1 is 1.08 bits per heavy atom. The Balaban J connectivity index is 1.59. The Hall–Kier alpha value is -2.34. The van der Waals surface area contributed by atoms with Crippen molar-refractivity contribution in [3.05, 3.63) is 71.3 Å². The van der Waals surface area contributed by atoms with Crippen LogP contribution in [0.3, 0.4) is 0 Å². The number of carbonyl (C=O) groups is 1. The summed E-state index contributed by atoms with van der Waals surface area (Å²) in [6.07, 6.45) is -2.15. The highest BCUT2D eigenvalue weighted by Gasteiger charge is 2.33. The lowest BCUT2D eigenvalue weighted by Crippen LogP contribution is -2.29. The minimum Gasteiger partial charge on any atom is -0.367 e. The molecule has 0 aliphatic heterocycles. The summed E-state index contributed by atoms with van der Waals surface area (Å²) in [5.41, 5.74) is 2.15. The first-order valence-electron chi connectivity index (χ1n) is 8.51.